The Morgan fingerprint density at radius 1 is 1.09 bits per heavy atom. The van der Waals surface area contributed by atoms with E-state index in [0.29, 0.717) is 37.9 Å². The van der Waals surface area contributed by atoms with Gasteiger partial charge in [-0.15, -0.1) is 0 Å². The molecule has 3 rings (SSSR count). The van der Waals surface area contributed by atoms with Crippen molar-refractivity contribution in [2.45, 2.75) is 12.5 Å². The molecule has 0 spiro atoms. The Kier molecular flexibility index (Phi) is 7.62. The van der Waals surface area contributed by atoms with Gasteiger partial charge in [-0.2, -0.15) is 0 Å². The normalized spacial score (nSPS) is 15.2. The van der Waals surface area contributed by atoms with Crippen LogP contribution in [-0.2, 0) is 14.6 Å². The molecule has 0 radical (unpaired) electrons. The van der Waals surface area contributed by atoms with Gasteiger partial charge in [0.2, 0.25) is 11.9 Å². The zero-order valence-corrected chi connectivity index (χ0v) is 18.9. The van der Waals surface area contributed by atoms with E-state index in [0.717, 1.165) is 6.26 Å². The molecule has 0 bridgehead atoms. The molecule has 2 amide bonds. The van der Waals surface area contributed by atoms with E-state index in [1.165, 1.54) is 7.11 Å². The molecule has 11 heteroatoms. The number of nitrogens with one attached hydrogen (secondary N) is 1. The number of piperazine rings is 1. The first kappa shape index (κ1) is 23.5. The van der Waals surface area contributed by atoms with Crippen molar-refractivity contribution in [2.24, 2.45) is 0 Å². The second kappa shape index (κ2) is 10.4. The van der Waals surface area contributed by atoms with Crippen LogP contribution in [0.3, 0.4) is 0 Å². The van der Waals surface area contributed by atoms with Crippen molar-refractivity contribution in [3.8, 4) is 5.75 Å². The molecule has 32 heavy (non-hydrogen) atoms. The van der Waals surface area contributed by atoms with Gasteiger partial charge in [0, 0.05) is 44.8 Å². The zero-order chi connectivity index (χ0) is 23.1. The second-order valence-corrected chi connectivity index (χ2v) is 9.77. The van der Waals surface area contributed by atoms with E-state index >= 15 is 0 Å². The fraction of sp³-hybridized carbons (Fsp3) is 0.429. The summed E-state index contributed by atoms with van der Waals surface area (Å²) in [6.07, 6.45) is 4.42. The maximum absolute atomic E-state index is 13.2. The zero-order valence-electron chi connectivity index (χ0n) is 18.1. The van der Waals surface area contributed by atoms with E-state index < -0.39 is 21.8 Å². The average Bonchev–Trinajstić information content (AvgIpc) is 2.81. The van der Waals surface area contributed by atoms with Crippen LogP contribution in [0.1, 0.15) is 16.8 Å². The number of carbonyl (C=O) groups is 2. The molecule has 2 heterocycles. The third kappa shape index (κ3) is 6.16. The molecular weight excluding hydrogens is 434 g/mol. The van der Waals surface area contributed by atoms with Crippen molar-refractivity contribution in [1.82, 2.24) is 20.2 Å². The maximum atomic E-state index is 13.2. The summed E-state index contributed by atoms with van der Waals surface area (Å²) in [5.74, 6) is -0.0578. The number of para-hydroxylation sites is 1. The molecule has 1 saturated heterocycles. The fourth-order valence-electron chi connectivity index (χ4n) is 3.46. The van der Waals surface area contributed by atoms with Crippen LogP contribution in [0.4, 0.5) is 5.95 Å². The van der Waals surface area contributed by atoms with Gasteiger partial charge in [0.1, 0.15) is 21.6 Å². The molecule has 1 N–H and O–H groups in total. The van der Waals surface area contributed by atoms with Gasteiger partial charge < -0.3 is 19.9 Å². The number of aromatic nitrogens is 2. The van der Waals surface area contributed by atoms with E-state index in [1.807, 2.05) is 4.90 Å². The van der Waals surface area contributed by atoms with Gasteiger partial charge in [0.05, 0.1) is 18.4 Å². The highest BCUT2D eigenvalue weighted by molar-refractivity contribution is 7.90. The highest BCUT2D eigenvalue weighted by Gasteiger charge is 2.30. The first-order valence-electron chi connectivity index (χ1n) is 10.2. The van der Waals surface area contributed by atoms with Crippen LogP contribution in [0, 0.1) is 0 Å². The van der Waals surface area contributed by atoms with E-state index in [9.17, 15) is 18.0 Å². The lowest BCUT2D eigenvalue weighted by atomic mass is 10.1. The highest BCUT2D eigenvalue weighted by atomic mass is 32.2. The highest BCUT2D eigenvalue weighted by Crippen LogP contribution is 2.18. The SMILES string of the molecule is COc1ccccc1C(=O)N[C@H](CCS(C)(=O)=O)C(=O)N1CCN(c2ncccn2)CC1. The Balaban J connectivity index is 1.70. The topological polar surface area (TPSA) is 122 Å². The summed E-state index contributed by atoms with van der Waals surface area (Å²) in [6, 6.07) is 7.42. The van der Waals surface area contributed by atoms with Crippen LogP contribution < -0.4 is 15.0 Å². The van der Waals surface area contributed by atoms with Crippen LogP contribution >= 0.6 is 0 Å². The number of hydrogen-bond acceptors (Lipinski definition) is 8. The van der Waals surface area contributed by atoms with Gasteiger partial charge in [-0.3, -0.25) is 9.59 Å². The third-order valence-corrected chi connectivity index (χ3v) is 6.14. The Labute approximate surface area is 187 Å². The molecule has 1 aliphatic rings. The Bertz CT molecular complexity index is 1040. The molecule has 1 aromatic carbocycles. The number of amides is 2. The predicted octanol–water partition coefficient (Wildman–Crippen LogP) is 0.367. The molecule has 1 atom stereocenters. The standard InChI is InChI=1S/C21H27N5O5S/c1-31-18-7-4-3-6-16(18)19(27)24-17(8-15-32(2,29)30)20(28)25-11-13-26(14-12-25)21-22-9-5-10-23-21/h3-7,9-10,17H,8,11-15H2,1-2H3,(H,24,27)/t17-/m1/s1. The van der Waals surface area contributed by atoms with E-state index in [-0.39, 0.29) is 23.6 Å². The number of nitrogens with zero attached hydrogens (tertiary/aromatic N) is 4. The van der Waals surface area contributed by atoms with Crippen LogP contribution in [-0.4, -0.2) is 86.4 Å². The first-order chi connectivity index (χ1) is 15.3. The van der Waals surface area contributed by atoms with Crippen LogP contribution in [0.15, 0.2) is 42.7 Å². The monoisotopic (exact) mass is 461 g/mol. The first-order valence-corrected chi connectivity index (χ1v) is 12.3. The number of ether oxygens (including phenoxy) is 1. The molecule has 172 valence electrons. The van der Waals surface area contributed by atoms with E-state index in [1.54, 1.807) is 47.6 Å². The van der Waals surface area contributed by atoms with Crippen molar-refractivity contribution >= 4 is 27.6 Å². The summed E-state index contributed by atoms with van der Waals surface area (Å²) in [5, 5.41) is 2.71. The van der Waals surface area contributed by atoms with Gasteiger partial charge >= 0.3 is 0 Å². The minimum absolute atomic E-state index is 0.0133. The van der Waals surface area contributed by atoms with Crippen LogP contribution in [0.25, 0.3) is 0 Å². The molecule has 0 aliphatic carbocycles. The Hall–Kier alpha value is -3.21. The van der Waals surface area contributed by atoms with Crippen LogP contribution in [0.5, 0.6) is 5.75 Å². The van der Waals surface area contributed by atoms with E-state index in [4.69, 9.17) is 4.74 Å². The summed E-state index contributed by atoms with van der Waals surface area (Å²) >= 11 is 0. The van der Waals surface area contributed by atoms with Crippen molar-refractivity contribution in [3.05, 3.63) is 48.3 Å². The van der Waals surface area contributed by atoms with Crippen molar-refractivity contribution in [2.75, 3.05) is 50.2 Å². The lowest BCUT2D eigenvalue weighted by Crippen LogP contribution is -2.55. The number of sulfone groups is 1. The number of methoxy groups -OCH3 is 1. The van der Waals surface area contributed by atoms with Crippen molar-refractivity contribution in [1.29, 1.82) is 0 Å². The lowest BCUT2D eigenvalue weighted by molar-refractivity contribution is -0.133. The van der Waals surface area contributed by atoms with Gasteiger partial charge in [-0.1, -0.05) is 12.1 Å². The molecule has 1 fully saturated rings. The molecule has 1 aliphatic heterocycles. The number of rotatable bonds is 8. The summed E-state index contributed by atoms with van der Waals surface area (Å²) in [4.78, 5) is 38.1. The average molecular weight is 462 g/mol. The summed E-state index contributed by atoms with van der Waals surface area (Å²) in [7, 11) is -1.86. The van der Waals surface area contributed by atoms with Crippen molar-refractivity contribution < 1.29 is 22.7 Å². The number of carbonyl (C=O) groups excluding carboxylic acids is 2. The van der Waals surface area contributed by atoms with Gasteiger partial charge in [-0.05, 0) is 24.6 Å². The maximum Gasteiger partial charge on any atom is 0.255 e. The molecule has 1 aromatic heterocycles. The Morgan fingerprint density at radius 2 is 1.75 bits per heavy atom. The van der Waals surface area contributed by atoms with E-state index in [2.05, 4.69) is 15.3 Å². The number of anilines is 1. The van der Waals surface area contributed by atoms with Gasteiger partial charge in [-0.25, -0.2) is 18.4 Å². The number of benzene rings is 1. The largest absolute Gasteiger partial charge is 0.496 e. The fourth-order valence-corrected chi connectivity index (χ4v) is 4.12. The second-order valence-electron chi connectivity index (χ2n) is 7.51. The summed E-state index contributed by atoms with van der Waals surface area (Å²) in [5.41, 5.74) is 0.276. The molecule has 0 unspecified atom stereocenters. The molecule has 0 saturated carbocycles. The van der Waals surface area contributed by atoms with Crippen molar-refractivity contribution in [3.63, 3.8) is 0 Å². The van der Waals surface area contributed by atoms with Gasteiger partial charge in [0.25, 0.3) is 5.91 Å². The third-order valence-electron chi connectivity index (χ3n) is 5.16. The predicted molar refractivity (Wildman–Crippen MR) is 119 cm³/mol. The molecule has 2 aromatic rings. The summed E-state index contributed by atoms with van der Waals surface area (Å²) in [6.45, 7) is 1.90. The van der Waals surface area contributed by atoms with Gasteiger partial charge in [0.15, 0.2) is 0 Å². The minimum Gasteiger partial charge on any atom is -0.496 e. The summed E-state index contributed by atoms with van der Waals surface area (Å²) < 4.78 is 28.6. The quantitative estimate of drug-likeness (QED) is 0.598. The number of hydrogen-bond donors (Lipinski definition) is 1. The molecular formula is C21H27N5O5S. The minimum atomic E-state index is -3.31. The van der Waals surface area contributed by atoms with Crippen LogP contribution in [0.2, 0.25) is 0 Å². The Morgan fingerprint density at radius 3 is 2.38 bits per heavy atom. The lowest BCUT2D eigenvalue weighted by Gasteiger charge is -2.36. The molecule has 10 nitrogen and oxygen atoms in total. The smallest absolute Gasteiger partial charge is 0.255 e.